The normalized spacial score (nSPS) is 23.0. The highest BCUT2D eigenvalue weighted by atomic mass is 16.5. The SMILES string of the molecule is Cc1cc(-c2cccc3c2CC(N(CC2CC2)CC2CC2)CC3)on1. The molecule has 1 unspecified atom stereocenters. The zero-order valence-corrected chi connectivity index (χ0v) is 15.2. The van der Waals surface area contributed by atoms with Crippen LogP contribution in [0.2, 0.25) is 0 Å². The van der Waals surface area contributed by atoms with Crippen molar-refractivity contribution in [1.29, 1.82) is 0 Å². The number of hydrogen-bond acceptors (Lipinski definition) is 3. The van der Waals surface area contributed by atoms with E-state index in [1.807, 2.05) is 6.92 Å². The molecule has 1 heterocycles. The first-order chi connectivity index (χ1) is 12.3. The number of aryl methyl sites for hydroxylation is 2. The van der Waals surface area contributed by atoms with Crippen LogP contribution in [-0.2, 0) is 12.8 Å². The van der Waals surface area contributed by atoms with E-state index in [0.717, 1.165) is 23.3 Å². The average molecular weight is 336 g/mol. The van der Waals surface area contributed by atoms with Gasteiger partial charge in [-0.2, -0.15) is 0 Å². The van der Waals surface area contributed by atoms with Crippen molar-refractivity contribution in [2.75, 3.05) is 13.1 Å². The van der Waals surface area contributed by atoms with E-state index in [1.165, 1.54) is 74.7 Å². The number of rotatable bonds is 6. The lowest BCUT2D eigenvalue weighted by atomic mass is 9.84. The summed E-state index contributed by atoms with van der Waals surface area (Å²) >= 11 is 0. The smallest absolute Gasteiger partial charge is 0.167 e. The molecule has 3 aliphatic carbocycles. The number of hydrogen-bond donors (Lipinski definition) is 0. The van der Waals surface area contributed by atoms with Gasteiger partial charge in [0.15, 0.2) is 5.76 Å². The Morgan fingerprint density at radius 3 is 2.48 bits per heavy atom. The molecular formula is C22H28N2O. The molecule has 1 aromatic heterocycles. The molecule has 25 heavy (non-hydrogen) atoms. The topological polar surface area (TPSA) is 29.3 Å². The quantitative estimate of drug-likeness (QED) is 0.770. The summed E-state index contributed by atoms with van der Waals surface area (Å²) in [6.07, 6.45) is 9.49. The Morgan fingerprint density at radius 2 is 1.84 bits per heavy atom. The molecule has 2 aromatic rings. The van der Waals surface area contributed by atoms with E-state index < -0.39 is 0 Å². The number of fused-ring (bicyclic) bond motifs is 1. The lowest BCUT2D eigenvalue weighted by Gasteiger charge is -2.36. The second-order valence-corrected chi connectivity index (χ2v) is 8.51. The fraction of sp³-hybridized carbons (Fsp3) is 0.591. The summed E-state index contributed by atoms with van der Waals surface area (Å²) in [5, 5.41) is 4.11. The van der Waals surface area contributed by atoms with Gasteiger partial charge in [0.2, 0.25) is 0 Å². The van der Waals surface area contributed by atoms with Crippen molar-refractivity contribution in [3.8, 4) is 11.3 Å². The molecule has 3 nitrogen and oxygen atoms in total. The standard InChI is InChI=1S/C22H28N2O/c1-15-11-22(25-23-15)20-4-2-3-18-9-10-19(12-21(18)20)24(13-16-5-6-16)14-17-7-8-17/h2-4,11,16-17,19H,5-10,12-14H2,1H3. The number of nitrogens with zero attached hydrogens (tertiary/aromatic N) is 2. The van der Waals surface area contributed by atoms with Gasteiger partial charge >= 0.3 is 0 Å². The van der Waals surface area contributed by atoms with Crippen LogP contribution in [0, 0.1) is 18.8 Å². The van der Waals surface area contributed by atoms with Crippen LogP contribution in [0.25, 0.3) is 11.3 Å². The first kappa shape index (κ1) is 15.6. The fourth-order valence-electron chi connectivity index (χ4n) is 4.44. The third-order valence-corrected chi connectivity index (χ3v) is 6.25. The Kier molecular flexibility index (Phi) is 3.93. The van der Waals surface area contributed by atoms with Gasteiger partial charge in [-0.15, -0.1) is 0 Å². The van der Waals surface area contributed by atoms with E-state index in [2.05, 4.69) is 34.3 Å². The average Bonchev–Trinajstić information content (AvgIpc) is 3.55. The second kappa shape index (κ2) is 6.28. The summed E-state index contributed by atoms with van der Waals surface area (Å²) in [4.78, 5) is 2.85. The highest BCUT2D eigenvalue weighted by Crippen LogP contribution is 2.38. The van der Waals surface area contributed by atoms with Crippen LogP contribution < -0.4 is 0 Å². The predicted molar refractivity (Wildman–Crippen MR) is 99.5 cm³/mol. The molecule has 3 heteroatoms. The second-order valence-electron chi connectivity index (χ2n) is 8.51. The highest BCUT2D eigenvalue weighted by molar-refractivity contribution is 5.64. The minimum absolute atomic E-state index is 0.707. The van der Waals surface area contributed by atoms with Crippen LogP contribution in [-0.4, -0.2) is 29.2 Å². The summed E-state index contributed by atoms with van der Waals surface area (Å²) in [6, 6.07) is 9.49. The van der Waals surface area contributed by atoms with Gasteiger partial charge in [0.1, 0.15) is 0 Å². The van der Waals surface area contributed by atoms with E-state index in [9.17, 15) is 0 Å². The summed E-state index contributed by atoms with van der Waals surface area (Å²) in [5.41, 5.74) is 5.25. The van der Waals surface area contributed by atoms with Crippen molar-refractivity contribution in [1.82, 2.24) is 10.1 Å². The maximum Gasteiger partial charge on any atom is 0.167 e. The highest BCUT2D eigenvalue weighted by Gasteiger charge is 2.34. The molecule has 2 fully saturated rings. The zero-order chi connectivity index (χ0) is 16.8. The minimum atomic E-state index is 0.707. The Labute approximate surface area is 150 Å². The molecule has 3 aliphatic rings. The van der Waals surface area contributed by atoms with Crippen LogP contribution in [0.15, 0.2) is 28.8 Å². The summed E-state index contributed by atoms with van der Waals surface area (Å²) < 4.78 is 5.60. The van der Waals surface area contributed by atoms with E-state index in [0.29, 0.717) is 6.04 Å². The van der Waals surface area contributed by atoms with Gasteiger partial charge in [-0.25, -0.2) is 0 Å². The predicted octanol–water partition coefficient (Wildman–Crippen LogP) is 4.63. The lowest BCUT2D eigenvalue weighted by Crippen LogP contribution is -2.42. The largest absolute Gasteiger partial charge is 0.356 e. The lowest BCUT2D eigenvalue weighted by molar-refractivity contribution is 0.165. The summed E-state index contributed by atoms with van der Waals surface area (Å²) in [7, 11) is 0. The van der Waals surface area contributed by atoms with Crippen LogP contribution in [0.5, 0.6) is 0 Å². The minimum Gasteiger partial charge on any atom is -0.356 e. The van der Waals surface area contributed by atoms with Crippen molar-refractivity contribution in [2.24, 2.45) is 11.8 Å². The van der Waals surface area contributed by atoms with Crippen LogP contribution >= 0.6 is 0 Å². The molecule has 132 valence electrons. The maximum atomic E-state index is 5.60. The van der Waals surface area contributed by atoms with Crippen molar-refractivity contribution in [3.05, 3.63) is 41.1 Å². The Balaban J connectivity index is 1.42. The molecule has 0 radical (unpaired) electrons. The van der Waals surface area contributed by atoms with Crippen LogP contribution in [0.1, 0.15) is 48.9 Å². The van der Waals surface area contributed by atoms with E-state index in [-0.39, 0.29) is 0 Å². The van der Waals surface area contributed by atoms with Gasteiger partial charge in [-0.3, -0.25) is 4.90 Å². The molecule has 0 N–H and O–H groups in total. The van der Waals surface area contributed by atoms with Crippen molar-refractivity contribution < 1.29 is 4.52 Å². The molecular weight excluding hydrogens is 308 g/mol. The summed E-state index contributed by atoms with van der Waals surface area (Å²) in [6.45, 7) is 4.67. The molecule has 1 atom stereocenters. The third-order valence-electron chi connectivity index (χ3n) is 6.25. The number of benzene rings is 1. The molecule has 0 aliphatic heterocycles. The van der Waals surface area contributed by atoms with E-state index in [1.54, 1.807) is 0 Å². The van der Waals surface area contributed by atoms with Crippen molar-refractivity contribution in [3.63, 3.8) is 0 Å². The molecule has 2 saturated carbocycles. The first-order valence-electron chi connectivity index (χ1n) is 10.0. The Morgan fingerprint density at radius 1 is 1.08 bits per heavy atom. The Hall–Kier alpha value is -1.61. The maximum absolute atomic E-state index is 5.60. The zero-order valence-electron chi connectivity index (χ0n) is 15.2. The molecule has 0 amide bonds. The summed E-state index contributed by atoms with van der Waals surface area (Å²) in [5.74, 6) is 2.89. The third kappa shape index (κ3) is 3.39. The van der Waals surface area contributed by atoms with Gasteiger partial charge in [0.05, 0.1) is 5.69 Å². The van der Waals surface area contributed by atoms with Gasteiger partial charge in [-0.05, 0) is 74.8 Å². The van der Waals surface area contributed by atoms with E-state index in [4.69, 9.17) is 4.52 Å². The van der Waals surface area contributed by atoms with Crippen LogP contribution in [0.4, 0.5) is 0 Å². The van der Waals surface area contributed by atoms with Crippen molar-refractivity contribution in [2.45, 2.75) is 57.9 Å². The van der Waals surface area contributed by atoms with Gasteiger partial charge < -0.3 is 4.52 Å². The fourth-order valence-corrected chi connectivity index (χ4v) is 4.44. The van der Waals surface area contributed by atoms with Gasteiger partial charge in [0.25, 0.3) is 0 Å². The molecule has 0 saturated heterocycles. The van der Waals surface area contributed by atoms with Crippen LogP contribution in [0.3, 0.4) is 0 Å². The molecule has 0 bridgehead atoms. The monoisotopic (exact) mass is 336 g/mol. The van der Waals surface area contributed by atoms with Gasteiger partial charge in [0, 0.05) is 30.8 Å². The van der Waals surface area contributed by atoms with E-state index >= 15 is 0 Å². The Bertz CT molecular complexity index is 743. The number of aromatic nitrogens is 1. The molecule has 0 spiro atoms. The first-order valence-corrected chi connectivity index (χ1v) is 10.0. The van der Waals surface area contributed by atoms with Crippen molar-refractivity contribution >= 4 is 0 Å². The molecule has 1 aromatic carbocycles. The van der Waals surface area contributed by atoms with Gasteiger partial charge in [-0.1, -0.05) is 23.4 Å². The molecule has 5 rings (SSSR count).